The summed E-state index contributed by atoms with van der Waals surface area (Å²) in [5, 5.41) is 39.6. The van der Waals surface area contributed by atoms with Gasteiger partial charge in [0.15, 0.2) is 12.4 Å². The highest BCUT2D eigenvalue weighted by Gasteiger charge is 2.45. The van der Waals surface area contributed by atoms with Crippen LogP contribution in [0.2, 0.25) is 0 Å². The molecule has 0 aliphatic carbocycles. The Balaban J connectivity index is 2.47. The zero-order valence-electron chi connectivity index (χ0n) is 10.3. The highest BCUT2D eigenvalue weighted by molar-refractivity contribution is 7.85. The van der Waals surface area contributed by atoms with E-state index in [2.05, 4.69) is 10.1 Å². The summed E-state index contributed by atoms with van der Waals surface area (Å²) in [4.78, 5) is 11.6. The molecule has 1 amide bonds. The zero-order valence-corrected chi connectivity index (χ0v) is 11.1. The van der Waals surface area contributed by atoms with Gasteiger partial charge in [0.2, 0.25) is 0 Å². The number of rotatable bonds is 5. The third-order valence-electron chi connectivity index (χ3n) is 2.72. The Morgan fingerprint density at radius 1 is 1.10 bits per heavy atom. The van der Waals surface area contributed by atoms with E-state index in [1.807, 2.05) is 0 Å². The molecule has 1 fully saturated rings. The van der Waals surface area contributed by atoms with Crippen LogP contribution in [0.5, 0.6) is 0 Å². The van der Waals surface area contributed by atoms with E-state index in [9.17, 15) is 33.6 Å². The van der Waals surface area contributed by atoms with E-state index in [1.54, 1.807) is 0 Å². The van der Waals surface area contributed by atoms with Crippen molar-refractivity contribution >= 4 is 16.0 Å². The zero-order chi connectivity index (χ0) is 15.5. The highest BCUT2D eigenvalue weighted by atomic mass is 32.2. The first-order chi connectivity index (χ1) is 9.13. The molecule has 0 aromatic carbocycles. The van der Waals surface area contributed by atoms with E-state index in [0.29, 0.717) is 0 Å². The van der Waals surface area contributed by atoms with Crippen LogP contribution in [-0.4, -0.2) is 82.3 Å². The van der Waals surface area contributed by atoms with Gasteiger partial charge in [0.25, 0.3) is 16.0 Å². The number of ether oxygens (including phenoxy) is 1. The number of hydrogen-bond acceptors (Lipinski definition) is 8. The van der Waals surface area contributed by atoms with Gasteiger partial charge in [0.1, 0.15) is 18.3 Å². The lowest BCUT2D eigenvalue weighted by atomic mass is 9.98. The van der Waals surface area contributed by atoms with Gasteiger partial charge >= 0.3 is 0 Å². The lowest BCUT2D eigenvalue weighted by Crippen LogP contribution is -2.61. The minimum absolute atomic E-state index is 0.0683. The first kappa shape index (κ1) is 17.2. The summed E-state index contributed by atoms with van der Waals surface area (Å²) in [6.45, 7) is -0.125. The lowest BCUT2D eigenvalue weighted by Gasteiger charge is -2.37. The quantitative estimate of drug-likeness (QED) is 0.219. The monoisotopic (exact) mass is 315 g/mol. The van der Waals surface area contributed by atoms with Gasteiger partial charge in [-0.2, -0.15) is 8.42 Å². The van der Waals surface area contributed by atoms with Crippen molar-refractivity contribution in [2.75, 3.05) is 12.3 Å². The molecule has 11 heteroatoms. The predicted octanol–water partition coefficient (Wildman–Crippen LogP) is -3.82. The molecule has 118 valence electrons. The highest BCUT2D eigenvalue weighted by Crippen LogP contribution is 2.19. The molecule has 0 bridgehead atoms. The largest absolute Gasteiger partial charge is 0.387 e. The second-order valence-corrected chi connectivity index (χ2v) is 5.92. The fraction of sp³-hybridized carbons (Fsp3) is 0.889. The molecule has 0 unspecified atom stereocenters. The van der Waals surface area contributed by atoms with Gasteiger partial charge < -0.3 is 30.5 Å². The molecule has 1 aliphatic rings. The lowest BCUT2D eigenvalue weighted by molar-refractivity contribution is -0.275. The molecule has 1 rings (SSSR count). The summed E-state index contributed by atoms with van der Waals surface area (Å²) >= 11 is 0. The van der Waals surface area contributed by atoms with Crippen LogP contribution in [0.15, 0.2) is 0 Å². The van der Waals surface area contributed by atoms with E-state index in [1.165, 1.54) is 0 Å². The van der Waals surface area contributed by atoms with Crippen LogP contribution in [0.1, 0.15) is 6.42 Å². The first-order valence-corrected chi connectivity index (χ1v) is 7.35. The normalized spacial score (nSPS) is 34.8. The molecule has 0 aromatic heterocycles. The summed E-state index contributed by atoms with van der Waals surface area (Å²) in [5.74, 6) is -1.44. The van der Waals surface area contributed by atoms with Crippen molar-refractivity contribution in [1.82, 2.24) is 5.32 Å². The SMILES string of the molecule is O=C(NCCCS(=O)(=O)O)[C@H]1O[C@H](O)[C@H](O)[C@@H](O)[C@@H]1O. The summed E-state index contributed by atoms with van der Waals surface area (Å²) < 4.78 is 34.0. The van der Waals surface area contributed by atoms with Crippen LogP contribution in [0, 0.1) is 0 Å². The van der Waals surface area contributed by atoms with E-state index < -0.39 is 52.5 Å². The number of aliphatic hydroxyl groups excluding tert-OH is 4. The molecule has 1 saturated heterocycles. The molecule has 1 heterocycles. The maximum atomic E-state index is 11.6. The standard InChI is InChI=1S/C9H17NO9S/c11-4-5(12)7(19-9(15)6(4)13)8(14)10-2-1-3-20(16,17)18/h4-7,9,11-13,15H,1-3H2,(H,10,14)(H,16,17,18)/t4-,5-,6+,7-,9-/m0/s1. The third kappa shape index (κ3) is 4.63. The Kier molecular flexibility index (Phi) is 5.82. The molecule has 20 heavy (non-hydrogen) atoms. The molecule has 0 spiro atoms. The molecule has 1 aliphatic heterocycles. The molecule has 0 saturated carbocycles. The van der Waals surface area contributed by atoms with E-state index in [0.717, 1.165) is 0 Å². The summed E-state index contributed by atoms with van der Waals surface area (Å²) in [5.41, 5.74) is 0. The molecule has 10 nitrogen and oxygen atoms in total. The summed E-state index contributed by atoms with van der Waals surface area (Å²) in [6, 6.07) is 0. The topological polar surface area (TPSA) is 174 Å². The van der Waals surface area contributed by atoms with E-state index >= 15 is 0 Å². The molecular weight excluding hydrogens is 298 g/mol. The number of aliphatic hydroxyl groups is 4. The minimum Gasteiger partial charge on any atom is -0.387 e. The van der Waals surface area contributed by atoms with Gasteiger partial charge in [0, 0.05) is 6.54 Å². The molecular formula is C9H17NO9S. The van der Waals surface area contributed by atoms with Crippen LogP contribution < -0.4 is 5.32 Å². The van der Waals surface area contributed by atoms with Gasteiger partial charge in [-0.1, -0.05) is 0 Å². The maximum Gasteiger partial charge on any atom is 0.264 e. The second kappa shape index (κ2) is 6.76. The average Bonchev–Trinajstić information content (AvgIpc) is 2.35. The Hall–Kier alpha value is -0.820. The van der Waals surface area contributed by atoms with Crippen molar-refractivity contribution in [2.45, 2.75) is 37.1 Å². The van der Waals surface area contributed by atoms with Crippen LogP contribution in [0.4, 0.5) is 0 Å². The number of hydrogen-bond donors (Lipinski definition) is 6. The van der Waals surface area contributed by atoms with Crippen molar-refractivity contribution in [2.24, 2.45) is 0 Å². The van der Waals surface area contributed by atoms with Crippen LogP contribution in [-0.2, 0) is 19.6 Å². The summed E-state index contributed by atoms with van der Waals surface area (Å²) in [7, 11) is -4.13. The van der Waals surface area contributed by atoms with Gasteiger partial charge in [-0.15, -0.1) is 0 Å². The Morgan fingerprint density at radius 2 is 1.70 bits per heavy atom. The van der Waals surface area contributed by atoms with Gasteiger partial charge in [-0.3, -0.25) is 9.35 Å². The van der Waals surface area contributed by atoms with Crippen LogP contribution in [0.25, 0.3) is 0 Å². The van der Waals surface area contributed by atoms with Crippen molar-refractivity contribution in [3.05, 3.63) is 0 Å². The van der Waals surface area contributed by atoms with Crippen molar-refractivity contribution in [1.29, 1.82) is 0 Å². The van der Waals surface area contributed by atoms with Crippen molar-refractivity contribution in [3.63, 3.8) is 0 Å². The number of carbonyl (C=O) groups is 1. The smallest absolute Gasteiger partial charge is 0.264 e. The van der Waals surface area contributed by atoms with E-state index in [-0.39, 0.29) is 13.0 Å². The Bertz CT molecular complexity index is 439. The van der Waals surface area contributed by atoms with Crippen LogP contribution in [0.3, 0.4) is 0 Å². The van der Waals surface area contributed by atoms with Crippen molar-refractivity contribution in [3.8, 4) is 0 Å². The van der Waals surface area contributed by atoms with Gasteiger partial charge in [0.05, 0.1) is 5.75 Å². The van der Waals surface area contributed by atoms with E-state index in [4.69, 9.17) is 4.55 Å². The van der Waals surface area contributed by atoms with Crippen molar-refractivity contribution < 1.29 is 42.9 Å². The van der Waals surface area contributed by atoms with Gasteiger partial charge in [-0.05, 0) is 6.42 Å². The molecule has 0 radical (unpaired) electrons. The Labute approximate surface area is 114 Å². The molecule has 5 atom stereocenters. The minimum atomic E-state index is -4.13. The molecule has 0 aromatic rings. The number of amides is 1. The van der Waals surface area contributed by atoms with Gasteiger partial charge in [-0.25, -0.2) is 0 Å². The maximum absolute atomic E-state index is 11.6. The third-order valence-corrected chi connectivity index (χ3v) is 3.53. The number of carbonyl (C=O) groups excluding carboxylic acids is 1. The fourth-order valence-corrected chi connectivity index (χ4v) is 2.15. The first-order valence-electron chi connectivity index (χ1n) is 5.74. The second-order valence-electron chi connectivity index (χ2n) is 4.35. The fourth-order valence-electron chi connectivity index (χ4n) is 1.64. The Morgan fingerprint density at radius 3 is 2.25 bits per heavy atom. The molecule has 6 N–H and O–H groups in total. The summed E-state index contributed by atoms with van der Waals surface area (Å²) in [6.07, 6.45) is -8.74. The van der Waals surface area contributed by atoms with Crippen LogP contribution >= 0.6 is 0 Å². The predicted molar refractivity (Wildman–Crippen MR) is 62.9 cm³/mol. The number of nitrogens with one attached hydrogen (secondary N) is 1. The average molecular weight is 315 g/mol.